The molecule has 13 heavy (non-hydrogen) atoms. The van der Waals surface area contributed by atoms with Gasteiger partial charge in [-0.05, 0) is 6.26 Å². The summed E-state index contributed by atoms with van der Waals surface area (Å²) in [4.78, 5) is 25.4. The molecule has 0 aliphatic carbocycles. The third kappa shape index (κ3) is 2.73. The van der Waals surface area contributed by atoms with E-state index < -0.39 is 11.8 Å². The van der Waals surface area contributed by atoms with Gasteiger partial charge in [0.25, 0.3) is 0 Å². The minimum absolute atomic E-state index is 0.260. The molecule has 0 aromatic carbocycles. The van der Waals surface area contributed by atoms with Crippen LogP contribution in [0.15, 0.2) is 4.99 Å². The van der Waals surface area contributed by atoms with Gasteiger partial charge in [0.1, 0.15) is 0 Å². The molecule has 1 rings (SSSR count). The fourth-order valence-corrected chi connectivity index (χ4v) is 0.957. The van der Waals surface area contributed by atoms with E-state index in [4.69, 9.17) is 0 Å². The summed E-state index contributed by atoms with van der Waals surface area (Å²) in [6.45, 7) is 2.60. The maximum atomic E-state index is 10.7. The molecule has 1 aliphatic rings. The van der Waals surface area contributed by atoms with E-state index in [0.717, 1.165) is 0 Å². The van der Waals surface area contributed by atoms with Crippen molar-refractivity contribution in [3.8, 4) is 0 Å². The maximum absolute atomic E-state index is 10.7. The predicted molar refractivity (Wildman–Crippen MR) is 51.6 cm³/mol. The molecule has 0 aromatic heterocycles. The Labute approximate surface area is 80.4 Å². The number of thioether (sulfide) groups is 1. The van der Waals surface area contributed by atoms with Gasteiger partial charge in [0.2, 0.25) is 5.96 Å². The average Bonchev–Trinajstić information content (AvgIpc) is 2.42. The van der Waals surface area contributed by atoms with Crippen molar-refractivity contribution in [1.29, 1.82) is 0 Å². The molecule has 1 aliphatic heterocycles. The van der Waals surface area contributed by atoms with Crippen LogP contribution < -0.4 is 10.6 Å². The van der Waals surface area contributed by atoms with Gasteiger partial charge in [0.15, 0.2) is 0 Å². The highest BCUT2D eigenvalue weighted by atomic mass is 32.2. The number of amides is 2. The Morgan fingerprint density at radius 1 is 1.38 bits per heavy atom. The van der Waals surface area contributed by atoms with Crippen molar-refractivity contribution in [2.45, 2.75) is 12.2 Å². The van der Waals surface area contributed by atoms with Gasteiger partial charge in [-0.2, -0.15) is 11.8 Å². The van der Waals surface area contributed by atoms with Gasteiger partial charge in [0, 0.05) is 5.25 Å². The molecule has 1 heterocycles. The van der Waals surface area contributed by atoms with Crippen LogP contribution in [-0.4, -0.2) is 35.8 Å². The zero-order valence-electron chi connectivity index (χ0n) is 7.46. The molecular weight excluding hydrogens is 190 g/mol. The Morgan fingerprint density at radius 3 is 2.38 bits per heavy atom. The van der Waals surface area contributed by atoms with Crippen LogP contribution in [0.5, 0.6) is 0 Å². The summed E-state index contributed by atoms with van der Waals surface area (Å²) < 4.78 is 0. The van der Waals surface area contributed by atoms with Gasteiger partial charge < -0.3 is 0 Å². The first-order chi connectivity index (χ1) is 6.13. The van der Waals surface area contributed by atoms with Crippen LogP contribution in [0.1, 0.15) is 6.92 Å². The lowest BCUT2D eigenvalue weighted by Crippen LogP contribution is -2.26. The van der Waals surface area contributed by atoms with Crippen LogP contribution in [0.2, 0.25) is 0 Å². The highest BCUT2D eigenvalue weighted by molar-refractivity contribution is 7.99. The molecule has 0 saturated carbocycles. The minimum Gasteiger partial charge on any atom is -0.288 e. The third-order valence-corrected chi connectivity index (χ3v) is 2.53. The van der Waals surface area contributed by atoms with E-state index in [1.807, 2.05) is 13.2 Å². The van der Waals surface area contributed by atoms with Gasteiger partial charge in [-0.25, -0.2) is 0 Å². The van der Waals surface area contributed by atoms with Crippen LogP contribution in [0.3, 0.4) is 0 Å². The van der Waals surface area contributed by atoms with E-state index in [1.54, 1.807) is 11.8 Å². The number of carbonyl (C=O) groups is 2. The van der Waals surface area contributed by atoms with Crippen molar-refractivity contribution in [3.63, 3.8) is 0 Å². The molecule has 5 nitrogen and oxygen atoms in total. The third-order valence-electron chi connectivity index (χ3n) is 1.58. The molecule has 2 amide bonds. The standard InChI is InChI=1S/C7H11N3O2S/c1-4(13-2)3-8-7-9-5(11)6(12)10-7/h4H,3H2,1-2H3,(H2,8,9,10,11,12). The zero-order valence-corrected chi connectivity index (χ0v) is 8.27. The number of guanidine groups is 1. The second-order valence-corrected chi connectivity index (χ2v) is 3.92. The lowest BCUT2D eigenvalue weighted by atomic mass is 10.5. The molecule has 2 N–H and O–H groups in total. The highest BCUT2D eigenvalue weighted by Crippen LogP contribution is 2.04. The van der Waals surface area contributed by atoms with E-state index in [0.29, 0.717) is 11.8 Å². The second kappa shape index (κ2) is 4.27. The van der Waals surface area contributed by atoms with E-state index in [1.165, 1.54) is 0 Å². The Balaban J connectivity index is 2.46. The summed E-state index contributed by atoms with van der Waals surface area (Å²) in [5.74, 6) is -1.03. The number of hydrogen-bond donors (Lipinski definition) is 2. The van der Waals surface area contributed by atoms with Gasteiger partial charge >= 0.3 is 11.8 Å². The molecule has 1 fully saturated rings. The smallest absolute Gasteiger partial charge is 0.288 e. The molecule has 1 atom stereocenters. The second-order valence-electron chi connectivity index (χ2n) is 2.64. The Morgan fingerprint density at radius 2 is 1.92 bits per heavy atom. The highest BCUT2D eigenvalue weighted by Gasteiger charge is 2.24. The molecule has 0 spiro atoms. The van der Waals surface area contributed by atoms with Crippen molar-refractivity contribution < 1.29 is 9.59 Å². The molecule has 0 radical (unpaired) electrons. The Bertz CT molecular complexity index is 246. The van der Waals surface area contributed by atoms with Crippen LogP contribution in [0.4, 0.5) is 0 Å². The molecule has 0 bridgehead atoms. The number of aliphatic imine (C=N–C) groups is 1. The predicted octanol–water partition coefficient (Wildman–Crippen LogP) is -0.660. The van der Waals surface area contributed by atoms with Gasteiger partial charge in [-0.1, -0.05) is 6.92 Å². The fourth-order valence-electron chi connectivity index (χ4n) is 0.733. The summed E-state index contributed by atoms with van der Waals surface area (Å²) >= 11 is 1.68. The van der Waals surface area contributed by atoms with Crippen molar-refractivity contribution in [3.05, 3.63) is 0 Å². The topological polar surface area (TPSA) is 70.6 Å². The summed E-state index contributed by atoms with van der Waals surface area (Å²) in [6, 6.07) is 0. The quantitative estimate of drug-likeness (QED) is 0.595. The molecule has 72 valence electrons. The van der Waals surface area contributed by atoms with Crippen LogP contribution in [0.25, 0.3) is 0 Å². The normalized spacial score (nSPS) is 18.2. The molecular formula is C7H11N3O2S. The molecule has 6 heteroatoms. The van der Waals surface area contributed by atoms with E-state index in [2.05, 4.69) is 15.6 Å². The van der Waals surface area contributed by atoms with E-state index >= 15 is 0 Å². The molecule has 1 unspecified atom stereocenters. The van der Waals surface area contributed by atoms with Crippen LogP contribution in [0, 0.1) is 0 Å². The lowest BCUT2D eigenvalue weighted by molar-refractivity contribution is -0.135. The summed E-state index contributed by atoms with van der Waals surface area (Å²) in [5, 5.41) is 5.03. The number of nitrogens with zero attached hydrogens (tertiary/aromatic N) is 1. The molecule has 0 aromatic rings. The number of carbonyl (C=O) groups excluding carboxylic acids is 2. The fraction of sp³-hybridized carbons (Fsp3) is 0.571. The zero-order chi connectivity index (χ0) is 9.84. The van der Waals surface area contributed by atoms with Gasteiger partial charge in [0.05, 0.1) is 6.54 Å². The van der Waals surface area contributed by atoms with E-state index in [-0.39, 0.29) is 5.96 Å². The van der Waals surface area contributed by atoms with Gasteiger partial charge in [-0.3, -0.25) is 25.2 Å². The number of hydrogen-bond acceptors (Lipinski definition) is 4. The van der Waals surface area contributed by atoms with Crippen molar-refractivity contribution in [1.82, 2.24) is 10.6 Å². The summed E-state index contributed by atoms with van der Waals surface area (Å²) in [5.41, 5.74) is 0. The van der Waals surface area contributed by atoms with Gasteiger partial charge in [-0.15, -0.1) is 0 Å². The van der Waals surface area contributed by atoms with Crippen molar-refractivity contribution in [2.75, 3.05) is 12.8 Å². The number of rotatable bonds is 3. The van der Waals surface area contributed by atoms with Crippen molar-refractivity contribution in [2.24, 2.45) is 4.99 Å². The first kappa shape index (κ1) is 10.0. The SMILES string of the molecule is CSC(C)CN=C1NC(=O)C(=O)N1. The maximum Gasteiger partial charge on any atom is 0.316 e. The Hall–Kier alpha value is -1.04. The largest absolute Gasteiger partial charge is 0.316 e. The monoisotopic (exact) mass is 201 g/mol. The molecule has 1 saturated heterocycles. The first-order valence-electron chi connectivity index (χ1n) is 3.83. The minimum atomic E-state index is -0.643. The first-order valence-corrected chi connectivity index (χ1v) is 5.12. The Kier molecular flexibility index (Phi) is 3.30. The van der Waals surface area contributed by atoms with Crippen molar-refractivity contribution >= 4 is 29.5 Å². The summed E-state index contributed by atoms with van der Waals surface area (Å²) in [6.07, 6.45) is 1.98. The van der Waals surface area contributed by atoms with Crippen LogP contribution in [-0.2, 0) is 9.59 Å². The van der Waals surface area contributed by atoms with Crippen LogP contribution >= 0.6 is 11.8 Å². The number of nitrogens with one attached hydrogen (secondary N) is 2. The lowest BCUT2D eigenvalue weighted by Gasteiger charge is -2.03. The average molecular weight is 201 g/mol. The summed E-state index contributed by atoms with van der Waals surface area (Å²) in [7, 11) is 0. The van der Waals surface area contributed by atoms with E-state index in [9.17, 15) is 9.59 Å².